The first-order valence-corrected chi connectivity index (χ1v) is 6.05. The summed E-state index contributed by atoms with van der Waals surface area (Å²) in [6.07, 6.45) is 0. The van der Waals surface area contributed by atoms with Crippen LogP contribution in [0.2, 0.25) is 10.0 Å². The first kappa shape index (κ1) is 12.3. The van der Waals surface area contributed by atoms with Crippen molar-refractivity contribution in [3.05, 3.63) is 33.9 Å². The molecule has 0 aliphatic carbocycles. The second-order valence-electron chi connectivity index (χ2n) is 4.18. The molecule has 0 fully saturated rings. The molecule has 0 saturated heterocycles. The summed E-state index contributed by atoms with van der Waals surface area (Å²) in [6, 6.07) is 5.35. The molecule has 0 atom stereocenters. The van der Waals surface area contributed by atoms with Gasteiger partial charge in [-0.05, 0) is 18.1 Å². The normalized spacial score (nSPS) is 11.1. The van der Waals surface area contributed by atoms with E-state index in [2.05, 4.69) is 24.0 Å². The molecule has 0 unspecified atom stereocenters. The van der Waals surface area contributed by atoms with Gasteiger partial charge in [0.2, 0.25) is 0 Å². The van der Waals surface area contributed by atoms with Crippen LogP contribution < -0.4 is 5.73 Å². The molecule has 90 valence electrons. The number of nitrogens with two attached hydrogens (primary N) is 1. The maximum absolute atomic E-state index is 6.19. The molecule has 5 heteroatoms. The van der Waals surface area contributed by atoms with E-state index in [9.17, 15) is 0 Å². The second-order valence-corrected chi connectivity index (χ2v) is 5.02. The topological polar surface area (TPSA) is 54.7 Å². The Hall–Kier alpha value is -1.19. The van der Waals surface area contributed by atoms with Crippen molar-refractivity contribution >= 4 is 29.0 Å². The molecule has 1 aromatic heterocycles. The summed E-state index contributed by atoms with van der Waals surface area (Å²) < 4.78 is 0. The zero-order valence-electron chi connectivity index (χ0n) is 9.59. The monoisotopic (exact) mass is 269 g/mol. The van der Waals surface area contributed by atoms with E-state index in [0.29, 0.717) is 21.8 Å². The summed E-state index contributed by atoms with van der Waals surface area (Å²) >= 11 is 12.1. The van der Waals surface area contributed by atoms with Gasteiger partial charge in [0.05, 0.1) is 5.02 Å². The number of nitrogens with one attached hydrogen (secondary N) is 1. The first-order chi connectivity index (χ1) is 8.00. The van der Waals surface area contributed by atoms with E-state index >= 15 is 0 Å². The van der Waals surface area contributed by atoms with Gasteiger partial charge >= 0.3 is 0 Å². The molecule has 0 spiro atoms. The lowest BCUT2D eigenvalue weighted by molar-refractivity contribution is 0.812. The number of H-pyrrole nitrogens is 1. The number of halogens is 2. The molecule has 17 heavy (non-hydrogen) atoms. The van der Waals surface area contributed by atoms with E-state index in [0.717, 1.165) is 16.8 Å². The highest BCUT2D eigenvalue weighted by molar-refractivity contribution is 6.36. The molecule has 1 aromatic carbocycles. The van der Waals surface area contributed by atoms with E-state index in [1.54, 1.807) is 12.1 Å². The molecule has 2 aromatic rings. The molecular weight excluding hydrogens is 257 g/mol. The van der Waals surface area contributed by atoms with Crippen molar-refractivity contribution in [1.82, 2.24) is 10.2 Å². The Bertz CT molecular complexity index is 547. The lowest BCUT2D eigenvalue weighted by Crippen LogP contribution is -1.93. The lowest BCUT2D eigenvalue weighted by atomic mass is 9.99. The Balaban J connectivity index is 2.63. The number of aromatic nitrogens is 2. The molecule has 0 aliphatic rings. The Morgan fingerprint density at radius 2 is 2.00 bits per heavy atom. The highest BCUT2D eigenvalue weighted by atomic mass is 35.5. The fraction of sp³-hybridized carbons (Fsp3) is 0.250. The molecule has 1 heterocycles. The second kappa shape index (κ2) is 4.59. The molecule has 3 nitrogen and oxygen atoms in total. The Morgan fingerprint density at radius 1 is 1.29 bits per heavy atom. The average Bonchev–Trinajstić information content (AvgIpc) is 2.60. The van der Waals surface area contributed by atoms with Crippen LogP contribution in [0.5, 0.6) is 0 Å². The molecule has 3 N–H and O–H groups in total. The van der Waals surface area contributed by atoms with Gasteiger partial charge in [0, 0.05) is 21.8 Å². The minimum atomic E-state index is 0.293. The van der Waals surface area contributed by atoms with Crippen LogP contribution in [0.1, 0.15) is 25.5 Å². The smallest absolute Gasteiger partial charge is 0.153 e. The molecular formula is C12H13Cl2N3. The van der Waals surface area contributed by atoms with Gasteiger partial charge in [0.1, 0.15) is 0 Å². The summed E-state index contributed by atoms with van der Waals surface area (Å²) in [5, 5.41) is 8.17. The quantitative estimate of drug-likeness (QED) is 0.863. The van der Waals surface area contributed by atoms with Gasteiger partial charge in [-0.2, -0.15) is 5.10 Å². The summed E-state index contributed by atoms with van der Waals surface area (Å²) in [5.41, 5.74) is 8.58. The maximum Gasteiger partial charge on any atom is 0.153 e. The van der Waals surface area contributed by atoms with Gasteiger partial charge in [-0.1, -0.05) is 43.1 Å². The van der Waals surface area contributed by atoms with Crippen molar-refractivity contribution in [2.75, 3.05) is 5.73 Å². The van der Waals surface area contributed by atoms with Crippen LogP contribution in [-0.2, 0) is 0 Å². The van der Waals surface area contributed by atoms with Crippen LogP contribution in [0.4, 0.5) is 5.82 Å². The number of anilines is 1. The minimum absolute atomic E-state index is 0.293. The van der Waals surface area contributed by atoms with Crippen LogP contribution in [0.25, 0.3) is 11.1 Å². The van der Waals surface area contributed by atoms with Crippen LogP contribution in [0.15, 0.2) is 18.2 Å². The molecule has 0 saturated carbocycles. The number of nitrogen functional groups attached to an aromatic ring is 1. The van der Waals surface area contributed by atoms with E-state index in [-0.39, 0.29) is 0 Å². The number of hydrogen-bond acceptors (Lipinski definition) is 2. The van der Waals surface area contributed by atoms with Gasteiger partial charge in [-0.3, -0.25) is 5.10 Å². The SMILES string of the molecule is CC(C)c1[nH]nc(N)c1-c1ccc(Cl)cc1Cl. The first-order valence-electron chi connectivity index (χ1n) is 5.30. The summed E-state index contributed by atoms with van der Waals surface area (Å²) in [4.78, 5) is 0. The third-order valence-corrected chi connectivity index (χ3v) is 3.15. The lowest BCUT2D eigenvalue weighted by Gasteiger charge is -2.09. The van der Waals surface area contributed by atoms with Crippen LogP contribution in [0.3, 0.4) is 0 Å². The third-order valence-electron chi connectivity index (χ3n) is 2.60. The van der Waals surface area contributed by atoms with E-state index < -0.39 is 0 Å². The van der Waals surface area contributed by atoms with Gasteiger partial charge in [0.25, 0.3) is 0 Å². The number of nitrogens with zero attached hydrogens (tertiary/aromatic N) is 1. The predicted molar refractivity (Wildman–Crippen MR) is 72.5 cm³/mol. The third kappa shape index (κ3) is 2.26. The molecule has 0 bridgehead atoms. The Kier molecular flexibility index (Phi) is 3.31. The van der Waals surface area contributed by atoms with Gasteiger partial charge in [0.15, 0.2) is 5.82 Å². The average molecular weight is 270 g/mol. The molecule has 2 rings (SSSR count). The van der Waals surface area contributed by atoms with Crippen molar-refractivity contribution in [2.24, 2.45) is 0 Å². The van der Waals surface area contributed by atoms with Gasteiger partial charge in [-0.15, -0.1) is 0 Å². The highest BCUT2D eigenvalue weighted by Crippen LogP contribution is 2.37. The zero-order valence-corrected chi connectivity index (χ0v) is 11.1. The predicted octanol–water partition coefficient (Wildman–Crippen LogP) is 4.09. The molecule has 0 amide bonds. The molecule has 0 aliphatic heterocycles. The fourth-order valence-electron chi connectivity index (χ4n) is 1.76. The van der Waals surface area contributed by atoms with Crippen LogP contribution in [-0.4, -0.2) is 10.2 Å². The molecule has 0 radical (unpaired) electrons. The van der Waals surface area contributed by atoms with E-state index in [1.165, 1.54) is 0 Å². The zero-order chi connectivity index (χ0) is 12.6. The van der Waals surface area contributed by atoms with Gasteiger partial charge < -0.3 is 5.73 Å². The number of aromatic amines is 1. The van der Waals surface area contributed by atoms with E-state index in [4.69, 9.17) is 28.9 Å². The minimum Gasteiger partial charge on any atom is -0.382 e. The standard InChI is InChI=1S/C12H13Cl2N3/c1-6(2)11-10(12(15)17-16-11)8-4-3-7(13)5-9(8)14/h3-6H,1-2H3,(H3,15,16,17). The van der Waals surface area contributed by atoms with Crippen molar-refractivity contribution in [1.29, 1.82) is 0 Å². The number of rotatable bonds is 2. The summed E-state index contributed by atoms with van der Waals surface area (Å²) in [7, 11) is 0. The number of benzene rings is 1. The van der Waals surface area contributed by atoms with Crippen molar-refractivity contribution in [3.63, 3.8) is 0 Å². The van der Waals surface area contributed by atoms with Crippen LogP contribution in [0, 0.1) is 0 Å². The number of hydrogen-bond donors (Lipinski definition) is 2. The van der Waals surface area contributed by atoms with E-state index in [1.807, 2.05) is 6.07 Å². The Morgan fingerprint density at radius 3 is 2.59 bits per heavy atom. The van der Waals surface area contributed by atoms with Crippen molar-refractivity contribution < 1.29 is 0 Å². The Labute approximate surface area is 110 Å². The summed E-state index contributed by atoms with van der Waals surface area (Å²) in [6.45, 7) is 4.14. The summed E-state index contributed by atoms with van der Waals surface area (Å²) in [5.74, 6) is 0.750. The fourth-order valence-corrected chi connectivity index (χ4v) is 2.27. The highest BCUT2D eigenvalue weighted by Gasteiger charge is 2.17. The van der Waals surface area contributed by atoms with Crippen LogP contribution >= 0.6 is 23.2 Å². The van der Waals surface area contributed by atoms with Crippen molar-refractivity contribution in [3.8, 4) is 11.1 Å². The van der Waals surface area contributed by atoms with Crippen molar-refractivity contribution in [2.45, 2.75) is 19.8 Å². The maximum atomic E-state index is 6.19. The largest absolute Gasteiger partial charge is 0.382 e. The van der Waals surface area contributed by atoms with Gasteiger partial charge in [-0.25, -0.2) is 0 Å².